The number of ether oxygens (including phenoxy) is 1. The van der Waals surface area contributed by atoms with E-state index in [1.165, 1.54) is 24.5 Å². The van der Waals surface area contributed by atoms with Crippen molar-refractivity contribution in [1.82, 2.24) is 29.4 Å². The summed E-state index contributed by atoms with van der Waals surface area (Å²) in [4.78, 5) is 45.4. The number of aromatic nitrogens is 5. The Hall–Kier alpha value is -4.63. The molecular weight excluding hydrogens is 579 g/mol. The number of H-pyrrole nitrogens is 1. The molecule has 6 rings (SSSR count). The van der Waals surface area contributed by atoms with Crippen molar-refractivity contribution in [2.75, 3.05) is 49.7 Å². The van der Waals surface area contributed by atoms with Gasteiger partial charge in [-0.3, -0.25) is 4.79 Å². The van der Waals surface area contributed by atoms with Gasteiger partial charge in [0.25, 0.3) is 0 Å². The molecule has 15 heteroatoms. The Bertz CT molecular complexity index is 1950. The minimum Gasteiger partial charge on any atom is -0.382 e. The molecule has 13 nitrogen and oxygen atoms in total. The van der Waals surface area contributed by atoms with Crippen LogP contribution in [0.15, 0.2) is 52.9 Å². The summed E-state index contributed by atoms with van der Waals surface area (Å²) >= 11 is 0. The third kappa shape index (κ3) is 4.83. The summed E-state index contributed by atoms with van der Waals surface area (Å²) in [7, 11) is -3.85. The number of amides is 1. The lowest BCUT2D eigenvalue weighted by Crippen LogP contribution is -2.54. The first-order valence-electron chi connectivity index (χ1n) is 13.5. The summed E-state index contributed by atoms with van der Waals surface area (Å²) in [5, 5.41) is 0.174. The largest absolute Gasteiger partial charge is 0.382 e. The zero-order chi connectivity index (χ0) is 30.6. The molecule has 3 N–H and O–H groups in total. The van der Waals surface area contributed by atoms with Crippen LogP contribution in [-0.2, 0) is 19.4 Å². The maximum absolute atomic E-state index is 15.8. The molecule has 1 atom stereocenters. The molecule has 0 radical (unpaired) electrons. The van der Waals surface area contributed by atoms with Crippen LogP contribution in [0, 0.1) is 5.82 Å². The number of nitrogens with one attached hydrogen (secondary N) is 1. The molecule has 1 aromatic carbocycles. The highest BCUT2D eigenvalue weighted by Gasteiger charge is 2.33. The van der Waals surface area contributed by atoms with E-state index in [0.717, 1.165) is 10.8 Å². The number of imidazole rings is 1. The first-order chi connectivity index (χ1) is 20.5. The van der Waals surface area contributed by atoms with Crippen molar-refractivity contribution >= 4 is 38.4 Å². The van der Waals surface area contributed by atoms with Crippen LogP contribution in [0.25, 0.3) is 28.1 Å². The molecule has 3 aromatic heterocycles. The minimum atomic E-state index is -3.85. The van der Waals surface area contributed by atoms with Crippen LogP contribution < -0.4 is 16.3 Å². The number of nitrogens with zero attached hydrogens (tertiary/aromatic N) is 6. The Kier molecular flexibility index (Phi) is 7.01. The molecule has 2 aliphatic rings. The maximum Gasteiger partial charge on any atom is 0.355 e. The number of nitrogen functional groups attached to an aromatic ring is 1. The van der Waals surface area contributed by atoms with Gasteiger partial charge in [0.15, 0.2) is 27.1 Å². The molecule has 0 bridgehead atoms. The molecule has 0 unspecified atom stereocenters. The third-order valence-electron chi connectivity index (χ3n) is 7.82. The highest BCUT2D eigenvalue weighted by molar-refractivity contribution is 7.90. The van der Waals surface area contributed by atoms with Crippen LogP contribution >= 0.6 is 0 Å². The number of halogens is 1. The zero-order valence-corrected chi connectivity index (χ0v) is 24.3. The maximum atomic E-state index is 15.8. The average Bonchev–Trinajstić information content (AvgIpc) is 3.36. The standard InChI is InChI=1S/C28H29FN8O5S/c1-4-21(38)35-8-9-36(15(2)11-35)26-18-10-19(29)22(23-25(30)32-14-31-23)33-27(18)37(28(39)34-26)24-17(16-12-42-13-16)6-5-7-20(24)43(3,40)41/h4-7,10,14-16H,1,8-9,11-13,30H2,2-3H3,(H,31,32)/t15-/m0/s1. The van der Waals surface area contributed by atoms with Crippen molar-refractivity contribution in [3.8, 4) is 17.1 Å². The molecule has 2 aliphatic heterocycles. The summed E-state index contributed by atoms with van der Waals surface area (Å²) in [5.41, 5.74) is 5.70. The van der Waals surface area contributed by atoms with Crippen molar-refractivity contribution < 1.29 is 22.3 Å². The number of para-hydroxylation sites is 1. The van der Waals surface area contributed by atoms with Gasteiger partial charge in [0.2, 0.25) is 5.91 Å². The first kappa shape index (κ1) is 28.5. The molecule has 4 aromatic rings. The Morgan fingerprint density at radius 3 is 2.63 bits per heavy atom. The molecule has 2 saturated heterocycles. The lowest BCUT2D eigenvalue weighted by Gasteiger charge is -2.40. The lowest BCUT2D eigenvalue weighted by atomic mass is 9.95. The van der Waals surface area contributed by atoms with Gasteiger partial charge >= 0.3 is 5.69 Å². The monoisotopic (exact) mass is 608 g/mol. The number of hydrogen-bond acceptors (Lipinski definition) is 10. The summed E-state index contributed by atoms with van der Waals surface area (Å²) < 4.78 is 48.4. The smallest absolute Gasteiger partial charge is 0.355 e. The quantitative estimate of drug-likeness (QED) is 0.307. The summed E-state index contributed by atoms with van der Waals surface area (Å²) in [6.07, 6.45) is 3.58. The van der Waals surface area contributed by atoms with Crippen LogP contribution in [-0.4, -0.2) is 88.9 Å². The molecule has 0 spiro atoms. The number of carbonyl (C=O) groups is 1. The highest BCUT2D eigenvalue weighted by Crippen LogP contribution is 2.37. The second-order valence-electron chi connectivity index (χ2n) is 10.6. The Morgan fingerprint density at radius 2 is 2.02 bits per heavy atom. The molecule has 2 fully saturated rings. The number of anilines is 2. The van der Waals surface area contributed by atoms with Crippen LogP contribution in [0.1, 0.15) is 18.4 Å². The first-order valence-corrected chi connectivity index (χ1v) is 15.4. The number of piperazine rings is 1. The van der Waals surface area contributed by atoms with Gasteiger partial charge in [-0.25, -0.2) is 32.1 Å². The SMILES string of the molecule is C=CC(=O)N1CCN(c2nc(=O)n(-c3c(C4COC4)cccc3S(C)(=O)=O)c3nc(-c4[nH]cnc4N)c(F)cc23)[C@@H](C)C1. The van der Waals surface area contributed by atoms with Crippen LogP contribution in [0.4, 0.5) is 16.0 Å². The molecule has 5 heterocycles. The van der Waals surface area contributed by atoms with E-state index in [1.807, 2.05) is 11.8 Å². The number of fused-ring (bicyclic) bond motifs is 1. The number of sulfone groups is 1. The van der Waals surface area contributed by atoms with Gasteiger partial charge in [-0.2, -0.15) is 4.98 Å². The summed E-state index contributed by atoms with van der Waals surface area (Å²) in [6.45, 7) is 7.02. The fraction of sp³-hybridized carbons (Fsp3) is 0.321. The van der Waals surface area contributed by atoms with Gasteiger partial charge in [-0.1, -0.05) is 18.7 Å². The van der Waals surface area contributed by atoms with Crippen LogP contribution in [0.2, 0.25) is 0 Å². The van der Waals surface area contributed by atoms with E-state index < -0.39 is 21.3 Å². The van der Waals surface area contributed by atoms with Crippen molar-refractivity contribution in [2.45, 2.75) is 23.8 Å². The summed E-state index contributed by atoms with van der Waals surface area (Å²) in [5.74, 6) is -1.00. The highest BCUT2D eigenvalue weighted by atomic mass is 32.2. The van der Waals surface area contributed by atoms with Gasteiger partial charge in [0.1, 0.15) is 17.2 Å². The van der Waals surface area contributed by atoms with E-state index in [-0.39, 0.29) is 62.5 Å². The second-order valence-corrected chi connectivity index (χ2v) is 12.6. The van der Waals surface area contributed by atoms with Gasteiger partial charge < -0.3 is 25.3 Å². The number of hydrogen-bond donors (Lipinski definition) is 2. The molecule has 1 amide bonds. The number of aromatic amines is 1. The van der Waals surface area contributed by atoms with Crippen molar-refractivity contribution in [3.05, 3.63) is 65.1 Å². The molecule has 0 aliphatic carbocycles. The zero-order valence-electron chi connectivity index (χ0n) is 23.4. The number of rotatable bonds is 6. The lowest BCUT2D eigenvalue weighted by molar-refractivity contribution is -0.126. The normalized spacial score (nSPS) is 17.7. The number of carbonyl (C=O) groups excluding carboxylic acids is 1. The predicted octanol–water partition coefficient (Wildman–Crippen LogP) is 1.63. The molecule has 0 saturated carbocycles. The second kappa shape index (κ2) is 10.6. The van der Waals surface area contributed by atoms with Crippen molar-refractivity contribution in [3.63, 3.8) is 0 Å². The number of benzene rings is 1. The topological polar surface area (TPSA) is 169 Å². The van der Waals surface area contributed by atoms with E-state index in [2.05, 4.69) is 26.5 Å². The van der Waals surface area contributed by atoms with Gasteiger partial charge in [0, 0.05) is 37.8 Å². The van der Waals surface area contributed by atoms with Crippen molar-refractivity contribution in [2.24, 2.45) is 0 Å². The average molecular weight is 609 g/mol. The predicted molar refractivity (Wildman–Crippen MR) is 157 cm³/mol. The number of nitrogens with two attached hydrogens (primary N) is 1. The van der Waals surface area contributed by atoms with E-state index in [0.29, 0.717) is 38.4 Å². The number of pyridine rings is 1. The van der Waals surface area contributed by atoms with Crippen LogP contribution in [0.5, 0.6) is 0 Å². The summed E-state index contributed by atoms with van der Waals surface area (Å²) in [6, 6.07) is 5.66. The minimum absolute atomic E-state index is 0.00519. The van der Waals surface area contributed by atoms with Gasteiger partial charge in [-0.15, -0.1) is 0 Å². The van der Waals surface area contributed by atoms with E-state index in [9.17, 15) is 18.0 Å². The van der Waals surface area contributed by atoms with Gasteiger partial charge in [-0.05, 0) is 30.7 Å². The fourth-order valence-corrected chi connectivity index (χ4v) is 6.51. The van der Waals surface area contributed by atoms with Gasteiger partial charge in [0.05, 0.1) is 35.5 Å². The van der Waals surface area contributed by atoms with E-state index in [4.69, 9.17) is 10.5 Å². The van der Waals surface area contributed by atoms with E-state index >= 15 is 4.39 Å². The van der Waals surface area contributed by atoms with Crippen molar-refractivity contribution in [1.29, 1.82) is 0 Å². The Balaban J connectivity index is 1.66. The Labute approximate surface area is 245 Å². The molecule has 43 heavy (non-hydrogen) atoms. The third-order valence-corrected chi connectivity index (χ3v) is 8.95. The molecular formula is C28H29FN8O5S. The Morgan fingerprint density at radius 1 is 1.26 bits per heavy atom. The van der Waals surface area contributed by atoms with E-state index in [1.54, 1.807) is 17.0 Å². The fourth-order valence-electron chi connectivity index (χ4n) is 5.62. The van der Waals surface area contributed by atoms with Crippen LogP contribution in [0.3, 0.4) is 0 Å². The molecule has 224 valence electrons.